The summed E-state index contributed by atoms with van der Waals surface area (Å²) in [4.78, 5) is 11.3. The molecule has 4 nitrogen and oxygen atoms in total. The topological polar surface area (TPSA) is 61.5 Å². The molecule has 0 bridgehead atoms. The number of halogens is 1. The molecule has 0 aliphatic heterocycles. The van der Waals surface area contributed by atoms with Crippen molar-refractivity contribution in [3.05, 3.63) is 0 Å². The second-order valence-corrected chi connectivity index (χ2v) is 3.47. The molecule has 5 heteroatoms. The van der Waals surface area contributed by atoms with E-state index in [1.165, 1.54) is 0 Å². The van der Waals surface area contributed by atoms with E-state index < -0.39 is 6.04 Å². The summed E-state index contributed by atoms with van der Waals surface area (Å²) >= 11 is 0. The van der Waals surface area contributed by atoms with Crippen LogP contribution in [0.4, 0.5) is 0 Å². The number of nitrogens with two attached hydrogens (primary N) is 1. The lowest BCUT2D eigenvalue weighted by Crippen LogP contribution is -2.39. The van der Waals surface area contributed by atoms with Gasteiger partial charge in [0.05, 0.1) is 6.61 Å². The van der Waals surface area contributed by atoms with Gasteiger partial charge in [0, 0.05) is 7.11 Å². The first-order valence-electron chi connectivity index (χ1n) is 4.44. The molecule has 0 fully saturated rings. The van der Waals surface area contributed by atoms with Crippen molar-refractivity contribution in [1.29, 1.82) is 0 Å². The average Bonchev–Trinajstić information content (AvgIpc) is 2.03. The van der Waals surface area contributed by atoms with Crippen LogP contribution in [0.15, 0.2) is 0 Å². The summed E-state index contributed by atoms with van der Waals surface area (Å²) in [5.41, 5.74) is 5.59. The summed E-state index contributed by atoms with van der Waals surface area (Å²) in [6.07, 6.45) is -0.234. The van der Waals surface area contributed by atoms with Gasteiger partial charge >= 0.3 is 5.97 Å². The minimum absolute atomic E-state index is 0. The van der Waals surface area contributed by atoms with Gasteiger partial charge in [0.2, 0.25) is 0 Å². The first-order valence-corrected chi connectivity index (χ1v) is 4.44. The van der Waals surface area contributed by atoms with Crippen molar-refractivity contribution in [3.8, 4) is 0 Å². The zero-order chi connectivity index (χ0) is 10.4. The molecule has 0 saturated heterocycles. The monoisotopic (exact) mass is 225 g/mol. The highest BCUT2D eigenvalue weighted by Crippen LogP contribution is 2.02. The largest absolute Gasteiger partial charge is 0.459 e. The Morgan fingerprint density at radius 3 is 2.21 bits per heavy atom. The summed E-state index contributed by atoms with van der Waals surface area (Å²) in [7, 11) is 1.56. The van der Waals surface area contributed by atoms with E-state index in [0.717, 1.165) is 0 Å². The van der Waals surface area contributed by atoms with E-state index in [1.54, 1.807) is 14.0 Å². The van der Waals surface area contributed by atoms with Crippen LogP contribution in [0.5, 0.6) is 0 Å². The Bertz CT molecular complexity index is 164. The highest BCUT2D eigenvalue weighted by Gasteiger charge is 2.20. The summed E-state index contributed by atoms with van der Waals surface area (Å²) in [5.74, 6) is -0.262. The maximum Gasteiger partial charge on any atom is 0.323 e. The van der Waals surface area contributed by atoms with E-state index in [0.29, 0.717) is 6.61 Å². The highest BCUT2D eigenvalue weighted by atomic mass is 35.5. The standard InChI is InChI=1S/C9H19NO3.ClH/c1-6(2)8(10)9(11)13-7(3)5-12-4;/h6-8H,5,10H2,1-4H3;1H/t7-,8-;/m0./s1. The molecule has 0 rings (SSSR count). The molecule has 2 N–H and O–H groups in total. The SMILES string of the molecule is COC[C@H](C)OC(=O)[C@@H](N)C(C)C.Cl. The highest BCUT2D eigenvalue weighted by molar-refractivity contribution is 5.85. The Kier molecular flexibility index (Phi) is 9.24. The number of ether oxygens (including phenoxy) is 2. The van der Waals surface area contributed by atoms with Gasteiger partial charge in [0.1, 0.15) is 12.1 Å². The van der Waals surface area contributed by atoms with Crippen LogP contribution in [0.1, 0.15) is 20.8 Å². The fourth-order valence-corrected chi connectivity index (χ4v) is 0.818. The molecule has 0 aromatic heterocycles. The van der Waals surface area contributed by atoms with E-state index in [-0.39, 0.29) is 30.4 Å². The molecule has 0 unspecified atom stereocenters. The number of carbonyl (C=O) groups is 1. The third kappa shape index (κ3) is 6.18. The van der Waals surface area contributed by atoms with E-state index in [4.69, 9.17) is 15.2 Å². The van der Waals surface area contributed by atoms with Gasteiger partial charge in [-0.2, -0.15) is 0 Å². The molecule has 0 aromatic rings. The lowest BCUT2D eigenvalue weighted by atomic mass is 10.1. The average molecular weight is 226 g/mol. The maximum atomic E-state index is 11.3. The minimum Gasteiger partial charge on any atom is -0.459 e. The Balaban J connectivity index is 0. The van der Waals surface area contributed by atoms with Crippen molar-refractivity contribution in [2.75, 3.05) is 13.7 Å². The first kappa shape index (κ1) is 16.1. The summed E-state index contributed by atoms with van der Waals surface area (Å²) < 4.78 is 9.85. The number of rotatable bonds is 5. The predicted octanol–water partition coefficient (Wildman–Crippen LogP) is 0.970. The molecule has 14 heavy (non-hydrogen) atoms. The number of carbonyl (C=O) groups excluding carboxylic acids is 1. The van der Waals surface area contributed by atoms with Crippen molar-refractivity contribution < 1.29 is 14.3 Å². The summed E-state index contributed by atoms with van der Waals surface area (Å²) in [6.45, 7) is 5.94. The number of hydrogen-bond donors (Lipinski definition) is 1. The third-order valence-electron chi connectivity index (χ3n) is 1.71. The van der Waals surface area contributed by atoms with Crippen molar-refractivity contribution in [2.45, 2.75) is 32.9 Å². The number of hydrogen-bond acceptors (Lipinski definition) is 4. The summed E-state index contributed by atoms with van der Waals surface area (Å²) in [5, 5.41) is 0. The fraction of sp³-hybridized carbons (Fsp3) is 0.889. The molecule has 0 aliphatic carbocycles. The molecule has 86 valence electrons. The first-order chi connectivity index (χ1) is 5.99. The minimum atomic E-state index is -0.542. The molecule has 0 radical (unpaired) electrons. The van der Waals surface area contributed by atoms with Crippen LogP contribution in [0, 0.1) is 5.92 Å². The van der Waals surface area contributed by atoms with Crippen molar-refractivity contribution >= 4 is 18.4 Å². The molecule has 2 atom stereocenters. The van der Waals surface area contributed by atoms with Gasteiger partial charge in [-0.1, -0.05) is 13.8 Å². The van der Waals surface area contributed by atoms with Crippen molar-refractivity contribution in [3.63, 3.8) is 0 Å². The van der Waals surface area contributed by atoms with Crippen LogP contribution >= 0.6 is 12.4 Å². The number of methoxy groups -OCH3 is 1. The van der Waals surface area contributed by atoms with E-state index in [2.05, 4.69) is 0 Å². The van der Waals surface area contributed by atoms with Crippen LogP contribution in [-0.2, 0) is 14.3 Å². The Labute approximate surface area is 91.5 Å². The van der Waals surface area contributed by atoms with Gasteiger partial charge in [-0.25, -0.2) is 0 Å². The Morgan fingerprint density at radius 1 is 1.36 bits per heavy atom. The van der Waals surface area contributed by atoms with Gasteiger partial charge in [0.15, 0.2) is 0 Å². The molecular weight excluding hydrogens is 206 g/mol. The second-order valence-electron chi connectivity index (χ2n) is 3.47. The smallest absolute Gasteiger partial charge is 0.323 e. The van der Waals surface area contributed by atoms with Gasteiger partial charge in [0.25, 0.3) is 0 Å². The van der Waals surface area contributed by atoms with Crippen molar-refractivity contribution in [2.24, 2.45) is 11.7 Å². The lowest BCUT2D eigenvalue weighted by molar-refractivity contribution is -0.153. The van der Waals surface area contributed by atoms with E-state index >= 15 is 0 Å². The molecular formula is C9H20ClNO3. The zero-order valence-electron chi connectivity index (χ0n) is 9.15. The lowest BCUT2D eigenvalue weighted by Gasteiger charge is -2.18. The molecule has 0 aromatic carbocycles. The fourth-order valence-electron chi connectivity index (χ4n) is 0.818. The van der Waals surface area contributed by atoms with Gasteiger partial charge in [-0.05, 0) is 12.8 Å². The van der Waals surface area contributed by atoms with Crippen LogP contribution in [0.25, 0.3) is 0 Å². The van der Waals surface area contributed by atoms with Crippen LogP contribution in [0.3, 0.4) is 0 Å². The summed E-state index contributed by atoms with van der Waals surface area (Å²) in [6, 6.07) is -0.542. The van der Waals surface area contributed by atoms with E-state index in [9.17, 15) is 4.79 Å². The second kappa shape index (κ2) is 8.03. The Morgan fingerprint density at radius 2 is 1.86 bits per heavy atom. The molecule has 0 heterocycles. The predicted molar refractivity (Wildman–Crippen MR) is 57.5 cm³/mol. The molecule has 0 aliphatic rings. The van der Waals surface area contributed by atoms with Crippen LogP contribution < -0.4 is 5.73 Å². The maximum absolute atomic E-state index is 11.3. The van der Waals surface area contributed by atoms with Crippen LogP contribution in [0.2, 0.25) is 0 Å². The zero-order valence-corrected chi connectivity index (χ0v) is 9.97. The Hall–Kier alpha value is -0.320. The molecule has 0 spiro atoms. The molecule has 0 amide bonds. The quantitative estimate of drug-likeness (QED) is 0.709. The van der Waals surface area contributed by atoms with Crippen LogP contribution in [-0.4, -0.2) is 31.8 Å². The van der Waals surface area contributed by atoms with Gasteiger partial charge in [-0.3, -0.25) is 4.79 Å². The molecule has 0 saturated carbocycles. The van der Waals surface area contributed by atoms with E-state index in [1.807, 2.05) is 13.8 Å². The van der Waals surface area contributed by atoms with Gasteiger partial charge < -0.3 is 15.2 Å². The third-order valence-corrected chi connectivity index (χ3v) is 1.71. The van der Waals surface area contributed by atoms with Crippen molar-refractivity contribution in [1.82, 2.24) is 0 Å². The normalized spacial score (nSPS) is 14.4. The number of esters is 1. The van der Waals surface area contributed by atoms with Gasteiger partial charge in [-0.15, -0.1) is 12.4 Å².